The van der Waals surface area contributed by atoms with Crippen LogP contribution in [-0.2, 0) is 27.4 Å². The molecule has 0 bridgehead atoms. The first kappa shape index (κ1) is 24.6. The number of hydrogen-bond donors (Lipinski definition) is 3. The predicted molar refractivity (Wildman–Crippen MR) is 116 cm³/mol. The molecule has 0 aliphatic carbocycles. The van der Waals surface area contributed by atoms with E-state index in [0.717, 1.165) is 17.7 Å². The van der Waals surface area contributed by atoms with E-state index >= 15 is 0 Å². The van der Waals surface area contributed by atoms with Gasteiger partial charge in [0.25, 0.3) is 5.91 Å². The number of sulfone groups is 1. The van der Waals surface area contributed by atoms with Crippen molar-refractivity contribution in [2.75, 3.05) is 17.7 Å². The van der Waals surface area contributed by atoms with Crippen molar-refractivity contribution < 1.29 is 31.1 Å². The molecule has 4 N–H and O–H groups in total. The number of carbonyl (C=O) groups is 1. The largest absolute Gasteiger partial charge is 0.417 e. The third-order valence-electron chi connectivity index (χ3n) is 5.59. The van der Waals surface area contributed by atoms with E-state index in [-0.39, 0.29) is 24.7 Å². The molecule has 178 valence electrons. The van der Waals surface area contributed by atoms with E-state index in [9.17, 15) is 26.4 Å². The normalized spacial score (nSPS) is 16.7. The second kappa shape index (κ2) is 8.75. The van der Waals surface area contributed by atoms with E-state index in [2.05, 4.69) is 10.3 Å². The van der Waals surface area contributed by atoms with Gasteiger partial charge >= 0.3 is 6.18 Å². The molecular formula is C21H23F3N4O4S. The Labute approximate surface area is 188 Å². The van der Waals surface area contributed by atoms with Crippen LogP contribution in [0.1, 0.15) is 46.9 Å². The van der Waals surface area contributed by atoms with Crippen LogP contribution in [0.3, 0.4) is 0 Å². The fraction of sp³-hybridized carbons (Fsp3) is 0.381. The van der Waals surface area contributed by atoms with Crippen LogP contribution in [0.4, 0.5) is 18.9 Å². The van der Waals surface area contributed by atoms with Crippen molar-refractivity contribution >= 4 is 27.3 Å². The lowest BCUT2D eigenvalue weighted by molar-refractivity contribution is -0.137. The number of nitrogens with one attached hydrogen (secondary N) is 2. The SMILES string of the molecule is CC(C)(C(=N)N)S(=O)(=O)CC1COCc2ccc(NC(=O)c3ccc(C(F)(F)F)cn3)cc21. The molecule has 1 aromatic carbocycles. The van der Waals surface area contributed by atoms with Gasteiger partial charge in [0.15, 0.2) is 9.84 Å². The molecule has 2 heterocycles. The minimum absolute atomic E-state index is 0.123. The second-order valence-electron chi connectivity index (χ2n) is 8.22. The van der Waals surface area contributed by atoms with E-state index in [1.165, 1.54) is 13.8 Å². The van der Waals surface area contributed by atoms with Crippen molar-refractivity contribution in [2.45, 2.75) is 37.3 Å². The topological polar surface area (TPSA) is 135 Å². The standard InChI is InChI=1S/C21H23F3N4O4S/c1-20(2,19(25)26)33(30,31)11-13-10-32-9-12-3-5-15(7-16(12)13)28-18(29)17-6-4-14(8-27-17)21(22,23)24/h3-8,13H,9-11H2,1-2H3,(H3,25,26)(H,28,29). The van der Waals surface area contributed by atoms with Gasteiger partial charge in [0, 0.05) is 17.8 Å². The number of pyridine rings is 1. The highest BCUT2D eigenvalue weighted by atomic mass is 32.2. The van der Waals surface area contributed by atoms with Gasteiger partial charge in [-0.1, -0.05) is 6.07 Å². The second-order valence-corrected chi connectivity index (χ2v) is 10.8. The van der Waals surface area contributed by atoms with Gasteiger partial charge in [-0.2, -0.15) is 13.2 Å². The number of aromatic nitrogens is 1. The molecule has 1 aliphatic rings. The zero-order valence-corrected chi connectivity index (χ0v) is 18.7. The van der Waals surface area contributed by atoms with Crippen LogP contribution in [0.2, 0.25) is 0 Å². The maximum absolute atomic E-state index is 12.9. The molecule has 1 atom stereocenters. The summed E-state index contributed by atoms with van der Waals surface area (Å²) in [5.41, 5.74) is 6.04. The van der Waals surface area contributed by atoms with E-state index in [1.807, 2.05) is 0 Å². The molecule has 1 aromatic heterocycles. The fourth-order valence-electron chi connectivity index (χ4n) is 3.25. The molecule has 0 saturated carbocycles. The Bertz CT molecular complexity index is 1180. The molecule has 0 saturated heterocycles. The summed E-state index contributed by atoms with van der Waals surface area (Å²) in [7, 11) is -3.82. The highest BCUT2D eigenvalue weighted by Crippen LogP contribution is 2.33. The molecule has 0 radical (unpaired) electrons. The Morgan fingerprint density at radius 2 is 1.97 bits per heavy atom. The van der Waals surface area contributed by atoms with Crippen LogP contribution >= 0.6 is 0 Å². The van der Waals surface area contributed by atoms with Crippen LogP contribution in [-0.4, -0.2) is 42.3 Å². The Hall–Kier alpha value is -2.99. The highest BCUT2D eigenvalue weighted by molar-refractivity contribution is 7.93. The zero-order chi connectivity index (χ0) is 24.6. The zero-order valence-electron chi connectivity index (χ0n) is 17.9. The summed E-state index contributed by atoms with van der Waals surface area (Å²) in [6.07, 6.45) is -3.98. The van der Waals surface area contributed by atoms with Crippen molar-refractivity contribution in [2.24, 2.45) is 5.73 Å². The van der Waals surface area contributed by atoms with Crippen molar-refractivity contribution in [3.8, 4) is 0 Å². The molecule has 3 rings (SSSR count). The number of fused-ring (bicyclic) bond motifs is 1. The smallest absolute Gasteiger partial charge is 0.386 e. The number of alkyl halides is 3. The number of nitrogens with two attached hydrogens (primary N) is 1. The number of benzene rings is 1. The molecule has 0 spiro atoms. The number of rotatable bonds is 6. The molecule has 12 heteroatoms. The quantitative estimate of drug-likeness (QED) is 0.426. The van der Waals surface area contributed by atoms with Crippen molar-refractivity contribution in [3.05, 3.63) is 58.9 Å². The minimum Gasteiger partial charge on any atom is -0.386 e. The van der Waals surface area contributed by atoms with Gasteiger partial charge in [-0.25, -0.2) is 8.42 Å². The first-order valence-electron chi connectivity index (χ1n) is 9.84. The van der Waals surface area contributed by atoms with Crippen LogP contribution in [0.5, 0.6) is 0 Å². The summed E-state index contributed by atoms with van der Waals surface area (Å²) in [4.78, 5) is 16.0. The molecular weight excluding hydrogens is 461 g/mol. The fourth-order valence-corrected chi connectivity index (χ4v) is 4.81. The molecule has 2 aromatic rings. The van der Waals surface area contributed by atoms with Gasteiger partial charge in [-0.3, -0.25) is 15.2 Å². The van der Waals surface area contributed by atoms with Crippen LogP contribution < -0.4 is 11.1 Å². The van der Waals surface area contributed by atoms with Crippen LogP contribution in [0.15, 0.2) is 36.5 Å². The number of ether oxygens (including phenoxy) is 1. The Balaban J connectivity index is 1.82. The lowest BCUT2D eigenvalue weighted by Gasteiger charge is -2.30. The van der Waals surface area contributed by atoms with Crippen molar-refractivity contribution in [1.82, 2.24) is 4.98 Å². The average Bonchev–Trinajstić information content (AvgIpc) is 2.73. The molecule has 8 nitrogen and oxygen atoms in total. The summed E-state index contributed by atoms with van der Waals surface area (Å²) in [6.45, 7) is 3.11. The van der Waals surface area contributed by atoms with Crippen LogP contribution in [0.25, 0.3) is 0 Å². The first-order valence-corrected chi connectivity index (χ1v) is 11.5. The Morgan fingerprint density at radius 3 is 2.55 bits per heavy atom. The molecule has 1 amide bonds. The number of anilines is 1. The number of hydrogen-bond acceptors (Lipinski definition) is 6. The number of amidine groups is 1. The number of nitrogens with zero attached hydrogens (tertiary/aromatic N) is 1. The first-order chi connectivity index (χ1) is 15.2. The summed E-state index contributed by atoms with van der Waals surface area (Å²) in [6, 6.07) is 6.62. The Kier molecular flexibility index (Phi) is 6.53. The average molecular weight is 485 g/mol. The molecule has 1 aliphatic heterocycles. The number of amides is 1. The predicted octanol–water partition coefficient (Wildman–Crippen LogP) is 3.10. The lowest BCUT2D eigenvalue weighted by atomic mass is 9.94. The molecule has 0 fully saturated rings. The van der Waals surface area contributed by atoms with Gasteiger partial charge < -0.3 is 15.8 Å². The summed E-state index contributed by atoms with van der Waals surface area (Å²) < 4.78 is 67.8. The number of carbonyl (C=O) groups excluding carboxylic acids is 1. The van der Waals surface area contributed by atoms with Crippen molar-refractivity contribution in [1.29, 1.82) is 5.41 Å². The number of halogens is 3. The van der Waals surface area contributed by atoms with Gasteiger partial charge in [0.2, 0.25) is 0 Å². The van der Waals surface area contributed by atoms with E-state index in [0.29, 0.717) is 17.4 Å². The van der Waals surface area contributed by atoms with Gasteiger partial charge in [0.1, 0.15) is 16.3 Å². The van der Waals surface area contributed by atoms with Gasteiger partial charge in [-0.15, -0.1) is 0 Å². The van der Waals surface area contributed by atoms with E-state index in [1.54, 1.807) is 18.2 Å². The Morgan fingerprint density at radius 1 is 1.27 bits per heavy atom. The van der Waals surface area contributed by atoms with E-state index in [4.69, 9.17) is 15.9 Å². The third kappa shape index (κ3) is 5.17. The summed E-state index contributed by atoms with van der Waals surface area (Å²) >= 11 is 0. The van der Waals surface area contributed by atoms with Gasteiger partial charge in [-0.05, 0) is 49.2 Å². The van der Waals surface area contributed by atoms with E-state index < -0.39 is 44.0 Å². The monoisotopic (exact) mass is 484 g/mol. The summed E-state index contributed by atoms with van der Waals surface area (Å²) in [5, 5.41) is 10.2. The van der Waals surface area contributed by atoms with Crippen LogP contribution in [0, 0.1) is 5.41 Å². The highest BCUT2D eigenvalue weighted by Gasteiger charge is 2.40. The maximum Gasteiger partial charge on any atom is 0.417 e. The van der Waals surface area contributed by atoms with Gasteiger partial charge in [0.05, 0.1) is 24.5 Å². The maximum atomic E-state index is 12.9. The lowest BCUT2D eigenvalue weighted by Crippen LogP contribution is -2.47. The molecule has 1 unspecified atom stereocenters. The third-order valence-corrected chi connectivity index (χ3v) is 8.21. The minimum atomic E-state index is -4.56. The van der Waals surface area contributed by atoms with Crippen molar-refractivity contribution in [3.63, 3.8) is 0 Å². The summed E-state index contributed by atoms with van der Waals surface area (Å²) in [5.74, 6) is -2.05. The molecule has 33 heavy (non-hydrogen) atoms.